The summed E-state index contributed by atoms with van der Waals surface area (Å²) in [5, 5.41) is 34.2. The normalized spacial score (nSPS) is 29.3. The van der Waals surface area contributed by atoms with Crippen molar-refractivity contribution in [3.63, 3.8) is 0 Å². The molecule has 406 valence electrons. The average Bonchev–Trinajstić information content (AvgIpc) is 3.61. The van der Waals surface area contributed by atoms with Gasteiger partial charge in [-0.05, 0) is 112 Å². The van der Waals surface area contributed by atoms with E-state index < -0.39 is 127 Å². The van der Waals surface area contributed by atoms with E-state index >= 15 is 0 Å². The Balaban J connectivity index is 1.43. The Morgan fingerprint density at radius 2 is 1.04 bits per heavy atom. The molecular weight excluding hydrogens is 1010 g/mol. The van der Waals surface area contributed by atoms with E-state index in [0.717, 1.165) is 51.4 Å². The second kappa shape index (κ2) is 23.2. The van der Waals surface area contributed by atoms with Gasteiger partial charge in [0, 0.05) is 31.8 Å². The second-order valence-corrected chi connectivity index (χ2v) is 28.7. The van der Waals surface area contributed by atoms with Crippen LogP contribution >= 0.6 is 30.4 Å². The maximum absolute atomic E-state index is 13.5. The molecular formula is C41H76N4O21P4. The van der Waals surface area contributed by atoms with Crippen molar-refractivity contribution in [3.8, 4) is 0 Å². The van der Waals surface area contributed by atoms with E-state index in [4.69, 9.17) is 9.47 Å². The smallest absolute Gasteiger partial charge is 0.407 e. The zero-order valence-corrected chi connectivity index (χ0v) is 43.8. The molecule has 10 atom stereocenters. The molecule has 0 aromatic rings. The van der Waals surface area contributed by atoms with Crippen LogP contribution in [0.2, 0.25) is 0 Å². The fourth-order valence-electron chi connectivity index (χ4n) is 12.4. The molecule has 0 saturated heterocycles. The predicted molar refractivity (Wildman–Crippen MR) is 249 cm³/mol. The summed E-state index contributed by atoms with van der Waals surface area (Å²) >= 11 is 0. The van der Waals surface area contributed by atoms with Crippen molar-refractivity contribution in [2.45, 2.75) is 165 Å². The van der Waals surface area contributed by atoms with Gasteiger partial charge in [0.25, 0.3) is 10.2 Å². The molecule has 29 heteroatoms. The number of aliphatic hydroxyl groups is 3. The summed E-state index contributed by atoms with van der Waals surface area (Å²) < 4.78 is 58.4. The van der Waals surface area contributed by atoms with Crippen LogP contribution in [-0.4, -0.2) is 133 Å². The lowest BCUT2D eigenvalue weighted by Crippen LogP contribution is -2.60. The number of nitrogens with one attached hydrogen (secondary N) is 4. The number of hydrogen-bond acceptors (Lipinski definition) is 13. The largest absolute Gasteiger partial charge is 0.446 e. The highest BCUT2D eigenvalue weighted by molar-refractivity contribution is 7.72. The third kappa shape index (κ3) is 13.8. The SMILES string of the molecule is CCCCCCC(C)(O)[C@H]1CC[C@H]2[C@@H]3C[C@H](OC(=O)NCC(=O)NCCCC(O)(P(=O)(O)O)P(=O)(O)O)[C@H]4C[C@@H](OC(=O)NCC(=O)NCCCC(O)(P(=O)(O)O)P(=O)(O)O)CC[C@]4(C)[C@H]3CC[C@]12C. The van der Waals surface area contributed by atoms with Crippen LogP contribution < -0.4 is 21.3 Å². The maximum atomic E-state index is 13.5. The van der Waals surface area contributed by atoms with Gasteiger partial charge in [-0.1, -0.05) is 46.5 Å². The molecule has 4 rings (SSSR count). The first-order chi connectivity index (χ1) is 32.1. The Bertz CT molecular complexity index is 2020. The van der Waals surface area contributed by atoms with Gasteiger partial charge in [-0.3, -0.25) is 27.8 Å². The second-order valence-electron chi connectivity index (χ2n) is 20.7. The number of hydrogen-bond donors (Lipinski definition) is 15. The van der Waals surface area contributed by atoms with Gasteiger partial charge in [0.1, 0.15) is 12.2 Å². The van der Waals surface area contributed by atoms with E-state index in [-0.39, 0.29) is 54.5 Å². The van der Waals surface area contributed by atoms with Crippen LogP contribution in [0, 0.1) is 40.4 Å². The van der Waals surface area contributed by atoms with Gasteiger partial charge in [-0.25, -0.2) is 9.59 Å². The third-order valence-corrected chi connectivity index (χ3v) is 23.9. The van der Waals surface area contributed by atoms with Crippen molar-refractivity contribution in [1.82, 2.24) is 21.3 Å². The van der Waals surface area contributed by atoms with Crippen molar-refractivity contribution < 1.29 is 101 Å². The highest BCUT2D eigenvalue weighted by Crippen LogP contribution is 2.71. The molecule has 25 nitrogen and oxygen atoms in total. The summed E-state index contributed by atoms with van der Waals surface area (Å²) in [7, 11) is -22.7. The lowest BCUT2D eigenvalue weighted by atomic mass is 9.43. The van der Waals surface area contributed by atoms with Crippen LogP contribution in [0.15, 0.2) is 0 Å². The minimum absolute atomic E-state index is 0.0621. The molecule has 4 amide bonds. The van der Waals surface area contributed by atoms with Gasteiger partial charge in [0.2, 0.25) is 11.8 Å². The molecule has 0 aromatic heterocycles. The van der Waals surface area contributed by atoms with E-state index in [9.17, 15) is 91.9 Å². The highest BCUT2D eigenvalue weighted by Gasteiger charge is 2.65. The molecule has 4 saturated carbocycles. The lowest BCUT2D eigenvalue weighted by Gasteiger charge is -2.63. The summed E-state index contributed by atoms with van der Waals surface area (Å²) in [6.07, 6.45) is 3.82. The first-order valence-corrected chi connectivity index (χ1v) is 30.3. The zero-order valence-electron chi connectivity index (χ0n) is 40.2. The summed E-state index contributed by atoms with van der Waals surface area (Å²) in [4.78, 5) is 126. The fourth-order valence-corrected chi connectivity index (χ4v) is 16.9. The summed E-state index contributed by atoms with van der Waals surface area (Å²) in [6.45, 7) is 6.59. The minimum atomic E-state index is -5.69. The van der Waals surface area contributed by atoms with Gasteiger partial charge >= 0.3 is 42.6 Å². The van der Waals surface area contributed by atoms with Crippen LogP contribution in [0.4, 0.5) is 9.59 Å². The number of alkyl carbamates (subject to hydrolysis) is 2. The molecule has 0 bridgehead atoms. The molecule has 15 N–H and O–H groups in total. The van der Waals surface area contributed by atoms with Gasteiger partial charge in [-0.15, -0.1) is 0 Å². The summed E-state index contributed by atoms with van der Waals surface area (Å²) in [5.74, 6) is -1.33. The molecule has 1 unspecified atom stereocenters. The molecule has 0 aliphatic heterocycles. The van der Waals surface area contributed by atoms with E-state index in [1.54, 1.807) is 0 Å². The Labute approximate surface area is 407 Å². The Kier molecular flexibility index (Phi) is 20.1. The van der Waals surface area contributed by atoms with Crippen LogP contribution in [0.5, 0.6) is 0 Å². The van der Waals surface area contributed by atoms with Gasteiger partial charge < -0.3 is 85.2 Å². The standard InChI is InChI=1S/C41H76N4O21P4/c1-5-6-7-8-15-39(4,50)32-12-11-28-27-23-31(66-36(49)45-25-34(47)43-21-10-17-41(52,69(59,60)61)70(62,63)64)30-22-26(13-18-37(30,2)29(27)14-19-38(28,32)3)65-35(48)44-24-33(46)42-20-9-16-40(51,67(53,54)55)68(56,57)58/h26-32,50-52H,5-25H2,1-4H3,(H,42,46)(H,43,47)(H,44,48)(H,45,49)(H2,53,54,55)(H2,56,57,58)(H2,59,60,61)(H2,62,63,64)/t26-,27-,28-,29-,30+,31-,32-,37+,38-,39?/m0/s1. The van der Waals surface area contributed by atoms with Gasteiger partial charge in [0.15, 0.2) is 0 Å². The summed E-state index contributed by atoms with van der Waals surface area (Å²) in [5.41, 5.74) is -1.46. The first-order valence-electron chi connectivity index (χ1n) is 23.9. The molecule has 0 heterocycles. The molecule has 0 spiro atoms. The quantitative estimate of drug-likeness (QED) is 0.0488. The van der Waals surface area contributed by atoms with E-state index in [2.05, 4.69) is 42.0 Å². The minimum Gasteiger partial charge on any atom is -0.446 e. The number of unbranched alkanes of at least 4 members (excludes halogenated alkanes) is 3. The van der Waals surface area contributed by atoms with E-state index in [1.807, 2.05) is 6.92 Å². The van der Waals surface area contributed by atoms with Crippen LogP contribution in [0.1, 0.15) is 137 Å². The number of ether oxygens (including phenoxy) is 2. The number of fused-ring (bicyclic) bond motifs is 5. The topological polar surface area (TPSA) is 426 Å². The van der Waals surface area contributed by atoms with Crippen LogP contribution in [0.3, 0.4) is 0 Å². The Morgan fingerprint density at radius 3 is 1.53 bits per heavy atom. The number of carbonyl (C=O) groups excluding carboxylic acids is 4. The number of rotatable bonds is 24. The number of carbonyl (C=O) groups is 4. The van der Waals surface area contributed by atoms with Gasteiger partial charge in [-0.2, -0.15) is 0 Å². The third-order valence-electron chi connectivity index (χ3n) is 16.1. The van der Waals surface area contributed by atoms with Crippen molar-refractivity contribution in [1.29, 1.82) is 0 Å². The van der Waals surface area contributed by atoms with Crippen LogP contribution in [-0.2, 0) is 37.3 Å². The zero-order chi connectivity index (χ0) is 52.9. The predicted octanol–water partition coefficient (Wildman–Crippen LogP) is 2.96. The first kappa shape index (κ1) is 60.5. The Morgan fingerprint density at radius 1 is 0.571 bits per heavy atom. The molecule has 4 aliphatic rings. The highest BCUT2D eigenvalue weighted by atomic mass is 31.2. The van der Waals surface area contributed by atoms with Crippen molar-refractivity contribution in [3.05, 3.63) is 0 Å². The summed E-state index contributed by atoms with van der Waals surface area (Å²) in [6, 6.07) is 0. The average molecular weight is 1080 g/mol. The monoisotopic (exact) mass is 1080 g/mol. The van der Waals surface area contributed by atoms with Crippen LogP contribution in [0.25, 0.3) is 0 Å². The van der Waals surface area contributed by atoms with Crippen molar-refractivity contribution in [2.75, 3.05) is 26.2 Å². The van der Waals surface area contributed by atoms with E-state index in [0.29, 0.717) is 25.7 Å². The molecule has 4 aliphatic carbocycles. The number of amides is 4. The van der Waals surface area contributed by atoms with Crippen molar-refractivity contribution >= 4 is 54.4 Å². The maximum Gasteiger partial charge on any atom is 0.407 e. The van der Waals surface area contributed by atoms with Crippen molar-refractivity contribution in [2.24, 2.45) is 40.4 Å². The molecule has 0 aromatic carbocycles. The Hall–Kier alpha value is -2.04. The van der Waals surface area contributed by atoms with E-state index in [1.165, 1.54) is 0 Å². The van der Waals surface area contributed by atoms with Gasteiger partial charge in [0.05, 0.1) is 18.7 Å². The molecule has 0 radical (unpaired) electrons. The lowest BCUT2D eigenvalue weighted by molar-refractivity contribution is -0.179. The molecule has 70 heavy (non-hydrogen) atoms. The fraction of sp³-hybridized carbons (Fsp3) is 0.902. The molecule has 4 fully saturated rings.